The number of anilines is 3. The van der Waals surface area contributed by atoms with Crippen LogP contribution in [0.4, 0.5) is 21.5 Å². The molecule has 1 aromatic heterocycles. The fourth-order valence-electron chi connectivity index (χ4n) is 11.7. The fraction of sp³-hybridized carbons (Fsp3) is 0.0448. The first-order chi connectivity index (χ1) is 34.4. The third-order valence-corrected chi connectivity index (χ3v) is 15.2. The van der Waals surface area contributed by atoms with Crippen LogP contribution in [0.3, 0.4) is 0 Å². The van der Waals surface area contributed by atoms with Crippen LogP contribution in [0.25, 0.3) is 104 Å². The van der Waals surface area contributed by atoms with Crippen molar-refractivity contribution in [3.63, 3.8) is 0 Å². The van der Waals surface area contributed by atoms with Gasteiger partial charge >= 0.3 is 0 Å². The van der Waals surface area contributed by atoms with Gasteiger partial charge in [0.25, 0.3) is 0 Å². The maximum atomic E-state index is 14.5. The Morgan fingerprint density at radius 1 is 0.357 bits per heavy atom. The van der Waals surface area contributed by atoms with Crippen molar-refractivity contribution in [1.82, 2.24) is 4.57 Å². The second-order valence-electron chi connectivity index (χ2n) is 19.4. The molecule has 0 saturated heterocycles. The first-order valence-electron chi connectivity index (χ1n) is 24.2. The molecule has 0 fully saturated rings. The quantitative estimate of drug-likeness (QED) is 0.145. The molecule has 13 aromatic rings. The first-order valence-corrected chi connectivity index (χ1v) is 24.2. The molecule has 0 N–H and O–H groups in total. The predicted octanol–water partition coefficient (Wildman–Crippen LogP) is 18.6. The number of halogens is 1. The molecule has 2 nitrogen and oxygen atoms in total. The van der Waals surface area contributed by atoms with Gasteiger partial charge in [0.1, 0.15) is 5.82 Å². The van der Waals surface area contributed by atoms with Crippen molar-refractivity contribution in [2.45, 2.75) is 19.3 Å². The molecular formula is C67H45FN2. The molecule has 12 aromatic carbocycles. The molecule has 0 atom stereocenters. The second kappa shape index (κ2) is 15.4. The third kappa shape index (κ3) is 6.18. The van der Waals surface area contributed by atoms with E-state index >= 15 is 0 Å². The van der Waals surface area contributed by atoms with E-state index in [2.05, 4.69) is 236 Å². The molecule has 0 aliphatic heterocycles. The van der Waals surface area contributed by atoms with Gasteiger partial charge in [-0.3, -0.25) is 0 Å². The monoisotopic (exact) mass is 896 g/mol. The molecule has 70 heavy (non-hydrogen) atoms. The Morgan fingerprint density at radius 2 is 0.871 bits per heavy atom. The largest absolute Gasteiger partial charge is 0.310 e. The summed E-state index contributed by atoms with van der Waals surface area (Å²) in [5, 5.41) is 9.91. The van der Waals surface area contributed by atoms with Gasteiger partial charge in [0.15, 0.2) is 0 Å². The van der Waals surface area contributed by atoms with Crippen LogP contribution in [-0.4, -0.2) is 4.57 Å². The maximum Gasteiger partial charge on any atom is 0.123 e. The van der Waals surface area contributed by atoms with Gasteiger partial charge in [-0.1, -0.05) is 172 Å². The predicted molar refractivity (Wildman–Crippen MR) is 293 cm³/mol. The molecular weight excluding hydrogens is 852 g/mol. The number of hydrogen-bond donors (Lipinski definition) is 0. The summed E-state index contributed by atoms with van der Waals surface area (Å²) in [5.41, 5.74) is 18.4. The van der Waals surface area contributed by atoms with Crippen LogP contribution in [-0.2, 0) is 5.41 Å². The average molecular weight is 897 g/mol. The maximum absolute atomic E-state index is 14.5. The molecule has 14 rings (SSSR count). The summed E-state index contributed by atoms with van der Waals surface area (Å²) >= 11 is 0. The van der Waals surface area contributed by atoms with E-state index in [0.29, 0.717) is 0 Å². The molecule has 1 aliphatic rings. The van der Waals surface area contributed by atoms with Gasteiger partial charge in [-0.05, 0) is 167 Å². The number of hydrogen-bond acceptors (Lipinski definition) is 1. The zero-order chi connectivity index (χ0) is 46.7. The number of aromatic nitrogens is 1. The molecule has 0 saturated carbocycles. The summed E-state index contributed by atoms with van der Waals surface area (Å²) in [4.78, 5) is 2.39. The molecule has 330 valence electrons. The first kappa shape index (κ1) is 40.3. The highest BCUT2D eigenvalue weighted by atomic mass is 19.1. The number of nitrogens with zero attached hydrogens (tertiary/aromatic N) is 2. The minimum absolute atomic E-state index is 0.246. The highest BCUT2D eigenvalue weighted by Gasteiger charge is 2.36. The standard InChI is InChI=1S/C67H45FN2/c1-67(2)60-38-48(49-24-35-58-62(39-49)70(54-31-25-51(68)26-32-54)63-40-50-17-16-46-14-9-15-47-22-36-59(66(58)63)65(50)64(46)47)23-34-56(60)57-37-33-55(41-61(57)67)69(52-27-18-44(19-28-52)42-10-5-3-6-11-42)53-29-20-45(21-30-53)43-12-7-4-8-13-43/h3-41H,1-2H3. The van der Waals surface area contributed by atoms with E-state index in [1.165, 1.54) is 93.2 Å². The Hall–Kier alpha value is -8.79. The summed E-state index contributed by atoms with van der Waals surface area (Å²) in [6.45, 7) is 4.74. The number of fused-ring (bicyclic) bond motifs is 7. The molecule has 1 heterocycles. The van der Waals surface area contributed by atoms with Crippen molar-refractivity contribution < 1.29 is 4.39 Å². The van der Waals surface area contributed by atoms with E-state index in [-0.39, 0.29) is 11.2 Å². The summed E-state index contributed by atoms with van der Waals surface area (Å²) in [5.74, 6) is -0.246. The smallest absolute Gasteiger partial charge is 0.123 e. The molecule has 0 amide bonds. The summed E-state index contributed by atoms with van der Waals surface area (Å²) in [6.07, 6.45) is 0. The Kier molecular flexibility index (Phi) is 8.84. The normalized spacial score (nSPS) is 12.9. The Morgan fingerprint density at radius 3 is 1.53 bits per heavy atom. The van der Waals surface area contributed by atoms with Crippen LogP contribution in [0.2, 0.25) is 0 Å². The van der Waals surface area contributed by atoms with Gasteiger partial charge in [-0.25, -0.2) is 4.39 Å². The van der Waals surface area contributed by atoms with Crippen molar-refractivity contribution >= 4 is 71.2 Å². The van der Waals surface area contributed by atoms with E-state index in [1.807, 2.05) is 12.1 Å². The molecule has 3 heteroatoms. The third-order valence-electron chi connectivity index (χ3n) is 15.2. The minimum Gasteiger partial charge on any atom is -0.310 e. The van der Waals surface area contributed by atoms with E-state index in [1.54, 1.807) is 12.1 Å². The fourth-order valence-corrected chi connectivity index (χ4v) is 11.7. The van der Waals surface area contributed by atoms with Gasteiger partial charge in [0, 0.05) is 38.9 Å². The SMILES string of the molecule is CC1(C)c2cc(-c3ccc4c5c6ccc7cccc8ccc(cc5n(-c5ccc(F)cc5)c4c3)c6c87)ccc2-c2ccc(N(c3ccc(-c4ccccc4)cc3)c3ccc(-c4ccccc4)cc3)cc21. The molecule has 1 aliphatic carbocycles. The van der Waals surface area contributed by atoms with Gasteiger partial charge in [0.05, 0.1) is 11.0 Å². The Bertz CT molecular complexity index is 4070. The Balaban J connectivity index is 0.883. The lowest BCUT2D eigenvalue weighted by molar-refractivity contribution is 0.627. The van der Waals surface area contributed by atoms with Crippen LogP contribution in [0, 0.1) is 5.82 Å². The van der Waals surface area contributed by atoms with Crippen LogP contribution in [0.5, 0.6) is 0 Å². The molecule has 0 radical (unpaired) electrons. The zero-order valence-electron chi connectivity index (χ0n) is 38.8. The molecule has 0 unspecified atom stereocenters. The van der Waals surface area contributed by atoms with Crippen molar-refractivity contribution in [3.8, 4) is 50.2 Å². The summed E-state index contributed by atoms with van der Waals surface area (Å²) < 4.78 is 16.9. The van der Waals surface area contributed by atoms with Crippen molar-refractivity contribution in [1.29, 1.82) is 0 Å². The Labute approximate surface area is 406 Å². The lowest BCUT2D eigenvalue weighted by Crippen LogP contribution is -2.16. The van der Waals surface area contributed by atoms with Gasteiger partial charge in [0.2, 0.25) is 0 Å². The highest BCUT2D eigenvalue weighted by Crippen LogP contribution is 2.52. The minimum atomic E-state index is -0.277. The van der Waals surface area contributed by atoms with Crippen molar-refractivity contribution in [2.75, 3.05) is 4.90 Å². The van der Waals surface area contributed by atoms with Gasteiger partial charge in [-0.2, -0.15) is 0 Å². The zero-order valence-corrected chi connectivity index (χ0v) is 38.8. The average Bonchev–Trinajstić information content (AvgIpc) is 3.85. The molecule has 0 bridgehead atoms. The lowest BCUT2D eigenvalue weighted by atomic mass is 9.81. The van der Waals surface area contributed by atoms with E-state index in [9.17, 15) is 4.39 Å². The second-order valence-corrected chi connectivity index (χ2v) is 19.4. The number of benzene rings is 12. The van der Waals surface area contributed by atoms with Gasteiger partial charge < -0.3 is 9.47 Å². The van der Waals surface area contributed by atoms with Crippen LogP contribution in [0.15, 0.2) is 237 Å². The van der Waals surface area contributed by atoms with E-state index in [0.717, 1.165) is 39.3 Å². The van der Waals surface area contributed by atoms with Crippen molar-refractivity contribution in [3.05, 3.63) is 254 Å². The lowest BCUT2D eigenvalue weighted by Gasteiger charge is -2.28. The summed E-state index contributed by atoms with van der Waals surface area (Å²) in [7, 11) is 0. The van der Waals surface area contributed by atoms with Crippen LogP contribution >= 0.6 is 0 Å². The topological polar surface area (TPSA) is 8.17 Å². The number of rotatable bonds is 7. The van der Waals surface area contributed by atoms with Crippen molar-refractivity contribution in [2.24, 2.45) is 0 Å². The van der Waals surface area contributed by atoms with Gasteiger partial charge in [-0.15, -0.1) is 0 Å². The van der Waals surface area contributed by atoms with E-state index in [4.69, 9.17) is 0 Å². The van der Waals surface area contributed by atoms with Crippen LogP contribution < -0.4 is 4.90 Å². The highest BCUT2D eigenvalue weighted by molar-refractivity contribution is 6.33. The van der Waals surface area contributed by atoms with E-state index < -0.39 is 0 Å². The van der Waals surface area contributed by atoms with Crippen LogP contribution in [0.1, 0.15) is 25.0 Å². The summed E-state index contributed by atoms with van der Waals surface area (Å²) in [6, 6.07) is 84.9. The molecule has 0 spiro atoms.